The van der Waals surface area contributed by atoms with Crippen LogP contribution in [0.25, 0.3) is 0 Å². The lowest BCUT2D eigenvalue weighted by atomic mass is 9.79. The van der Waals surface area contributed by atoms with Crippen molar-refractivity contribution in [2.45, 2.75) is 51.6 Å². The van der Waals surface area contributed by atoms with Crippen LogP contribution in [-0.4, -0.2) is 31.7 Å². The summed E-state index contributed by atoms with van der Waals surface area (Å²) in [6, 6.07) is -0.244. The average molecular weight is 279 g/mol. The third-order valence-electron chi connectivity index (χ3n) is 3.69. The monoisotopic (exact) mass is 278 g/mol. The third kappa shape index (κ3) is 5.55. The Balaban J connectivity index is 0.00000289. The Labute approximate surface area is 116 Å². The van der Waals surface area contributed by atoms with Gasteiger partial charge in [0.15, 0.2) is 0 Å². The molecule has 3 unspecified atom stereocenters. The van der Waals surface area contributed by atoms with E-state index in [1.807, 2.05) is 0 Å². The first-order chi connectivity index (χ1) is 8.04. The Bertz CT molecular complexity index is 249. The number of hydrogen-bond donors (Lipinski definition) is 2. The summed E-state index contributed by atoms with van der Waals surface area (Å²) >= 11 is 0. The van der Waals surface area contributed by atoms with Crippen LogP contribution in [-0.2, 0) is 9.53 Å². The van der Waals surface area contributed by atoms with Gasteiger partial charge in [-0.3, -0.25) is 4.79 Å². The molecular weight excluding hydrogens is 252 g/mol. The van der Waals surface area contributed by atoms with Crippen LogP contribution < -0.4 is 11.1 Å². The van der Waals surface area contributed by atoms with Crippen molar-refractivity contribution in [3.63, 3.8) is 0 Å². The van der Waals surface area contributed by atoms with Crippen LogP contribution in [0.1, 0.15) is 39.5 Å². The predicted octanol–water partition coefficient (Wildman–Crippen LogP) is 1.71. The van der Waals surface area contributed by atoms with E-state index in [1.165, 1.54) is 12.8 Å². The number of ether oxygens (including phenoxy) is 1. The highest BCUT2D eigenvalue weighted by atomic mass is 35.5. The molecule has 0 spiro atoms. The van der Waals surface area contributed by atoms with Gasteiger partial charge in [0.25, 0.3) is 0 Å². The molecule has 108 valence electrons. The van der Waals surface area contributed by atoms with Gasteiger partial charge in [-0.25, -0.2) is 0 Å². The highest BCUT2D eigenvalue weighted by Gasteiger charge is 2.26. The maximum Gasteiger partial charge on any atom is 0.239 e. The molecule has 5 heteroatoms. The zero-order valence-corrected chi connectivity index (χ0v) is 12.5. The van der Waals surface area contributed by atoms with E-state index in [-0.39, 0.29) is 24.9 Å². The van der Waals surface area contributed by atoms with E-state index in [1.54, 1.807) is 7.11 Å². The van der Waals surface area contributed by atoms with E-state index in [4.69, 9.17) is 10.5 Å². The van der Waals surface area contributed by atoms with Gasteiger partial charge in [0.05, 0.1) is 6.61 Å². The molecule has 1 fully saturated rings. The second-order valence-electron chi connectivity index (χ2n) is 5.44. The summed E-state index contributed by atoms with van der Waals surface area (Å²) in [5.74, 6) is 1.34. The molecule has 0 saturated heterocycles. The van der Waals surface area contributed by atoms with Gasteiger partial charge in [0.1, 0.15) is 6.04 Å². The Morgan fingerprint density at radius 3 is 2.67 bits per heavy atom. The summed E-state index contributed by atoms with van der Waals surface area (Å²) in [6.45, 7) is 4.79. The maximum absolute atomic E-state index is 11.8. The lowest BCUT2D eigenvalue weighted by Crippen LogP contribution is -2.48. The molecule has 1 saturated carbocycles. The highest BCUT2D eigenvalue weighted by Crippen LogP contribution is 2.29. The molecule has 0 aromatic heterocycles. The van der Waals surface area contributed by atoms with Crippen LogP contribution in [0.3, 0.4) is 0 Å². The standard InChI is InChI=1S/C13H26N2O2.ClH/c1-9(2)10-5-4-6-11(7-10)15-13(16)12(14)8-17-3;/h9-12H,4-8,14H2,1-3H3,(H,15,16);1H. The van der Waals surface area contributed by atoms with Crippen LogP contribution in [0.5, 0.6) is 0 Å². The van der Waals surface area contributed by atoms with Gasteiger partial charge < -0.3 is 15.8 Å². The summed E-state index contributed by atoms with van der Waals surface area (Å²) in [7, 11) is 1.56. The summed E-state index contributed by atoms with van der Waals surface area (Å²) < 4.78 is 4.89. The molecule has 1 amide bonds. The molecule has 4 nitrogen and oxygen atoms in total. The van der Waals surface area contributed by atoms with Crippen molar-refractivity contribution < 1.29 is 9.53 Å². The quantitative estimate of drug-likeness (QED) is 0.805. The van der Waals surface area contributed by atoms with E-state index < -0.39 is 6.04 Å². The van der Waals surface area contributed by atoms with Crippen molar-refractivity contribution in [2.24, 2.45) is 17.6 Å². The fraction of sp³-hybridized carbons (Fsp3) is 0.923. The van der Waals surface area contributed by atoms with Crippen LogP contribution in [0.15, 0.2) is 0 Å². The second-order valence-corrected chi connectivity index (χ2v) is 5.44. The molecular formula is C13H27ClN2O2. The lowest BCUT2D eigenvalue weighted by Gasteiger charge is -2.32. The number of rotatable bonds is 5. The zero-order valence-electron chi connectivity index (χ0n) is 11.6. The van der Waals surface area contributed by atoms with Gasteiger partial charge in [-0.15, -0.1) is 12.4 Å². The fourth-order valence-electron chi connectivity index (χ4n) is 2.53. The Morgan fingerprint density at radius 2 is 2.11 bits per heavy atom. The Hall–Kier alpha value is -0.320. The van der Waals surface area contributed by atoms with Gasteiger partial charge in [0.2, 0.25) is 5.91 Å². The minimum Gasteiger partial charge on any atom is -0.383 e. The Kier molecular flexibility index (Phi) is 8.57. The van der Waals surface area contributed by atoms with Gasteiger partial charge >= 0.3 is 0 Å². The summed E-state index contributed by atoms with van der Waals surface area (Å²) in [4.78, 5) is 11.8. The van der Waals surface area contributed by atoms with E-state index in [0.717, 1.165) is 18.8 Å². The van der Waals surface area contributed by atoms with Gasteiger partial charge in [-0.05, 0) is 24.7 Å². The van der Waals surface area contributed by atoms with E-state index in [2.05, 4.69) is 19.2 Å². The molecule has 0 aromatic rings. The van der Waals surface area contributed by atoms with E-state index in [0.29, 0.717) is 12.0 Å². The predicted molar refractivity (Wildman–Crippen MR) is 75.8 cm³/mol. The van der Waals surface area contributed by atoms with Crippen LogP contribution >= 0.6 is 12.4 Å². The number of nitrogens with one attached hydrogen (secondary N) is 1. The number of methoxy groups -OCH3 is 1. The average Bonchev–Trinajstić information content (AvgIpc) is 2.29. The number of hydrogen-bond acceptors (Lipinski definition) is 3. The SMILES string of the molecule is COCC(N)C(=O)NC1CCCC(C(C)C)C1.Cl. The largest absolute Gasteiger partial charge is 0.383 e. The molecule has 18 heavy (non-hydrogen) atoms. The molecule has 0 bridgehead atoms. The maximum atomic E-state index is 11.8. The molecule has 1 aliphatic carbocycles. The second kappa shape index (κ2) is 8.73. The molecule has 3 atom stereocenters. The smallest absolute Gasteiger partial charge is 0.239 e. The molecule has 0 aliphatic heterocycles. The van der Waals surface area contributed by atoms with Crippen molar-refractivity contribution in [1.29, 1.82) is 0 Å². The van der Waals surface area contributed by atoms with Crippen molar-refractivity contribution in [3.8, 4) is 0 Å². The minimum absolute atomic E-state index is 0. The molecule has 1 rings (SSSR count). The number of halogens is 1. The summed E-state index contributed by atoms with van der Waals surface area (Å²) in [5.41, 5.74) is 5.70. The normalized spacial score (nSPS) is 25.4. The van der Waals surface area contributed by atoms with Gasteiger partial charge in [-0.2, -0.15) is 0 Å². The van der Waals surface area contributed by atoms with Crippen molar-refractivity contribution >= 4 is 18.3 Å². The van der Waals surface area contributed by atoms with E-state index >= 15 is 0 Å². The summed E-state index contributed by atoms with van der Waals surface area (Å²) in [5, 5.41) is 3.04. The van der Waals surface area contributed by atoms with Crippen molar-refractivity contribution in [2.75, 3.05) is 13.7 Å². The highest BCUT2D eigenvalue weighted by molar-refractivity contribution is 5.85. The first-order valence-corrected chi connectivity index (χ1v) is 6.59. The number of carbonyl (C=O) groups excluding carboxylic acids is 1. The summed E-state index contributed by atoms with van der Waals surface area (Å²) in [6.07, 6.45) is 4.65. The number of nitrogens with two attached hydrogens (primary N) is 1. The molecule has 0 radical (unpaired) electrons. The Morgan fingerprint density at radius 1 is 1.44 bits per heavy atom. The fourth-order valence-corrected chi connectivity index (χ4v) is 2.53. The molecule has 0 aromatic carbocycles. The van der Waals surface area contributed by atoms with Crippen LogP contribution in [0.4, 0.5) is 0 Å². The molecule has 3 N–H and O–H groups in total. The van der Waals surface area contributed by atoms with Gasteiger partial charge in [0, 0.05) is 13.2 Å². The van der Waals surface area contributed by atoms with Crippen LogP contribution in [0.2, 0.25) is 0 Å². The number of amides is 1. The number of carbonyl (C=O) groups is 1. The molecule has 1 aliphatic rings. The topological polar surface area (TPSA) is 64.3 Å². The zero-order chi connectivity index (χ0) is 12.8. The lowest BCUT2D eigenvalue weighted by molar-refractivity contribution is -0.124. The van der Waals surface area contributed by atoms with Crippen LogP contribution in [0, 0.1) is 11.8 Å². The third-order valence-corrected chi connectivity index (χ3v) is 3.69. The van der Waals surface area contributed by atoms with Crippen molar-refractivity contribution in [3.05, 3.63) is 0 Å². The van der Waals surface area contributed by atoms with Crippen molar-refractivity contribution in [1.82, 2.24) is 5.32 Å². The minimum atomic E-state index is -0.542. The first-order valence-electron chi connectivity index (χ1n) is 6.59. The van der Waals surface area contributed by atoms with E-state index in [9.17, 15) is 4.79 Å². The van der Waals surface area contributed by atoms with Gasteiger partial charge in [-0.1, -0.05) is 26.7 Å². The first kappa shape index (κ1) is 17.7. The molecule has 0 heterocycles.